The van der Waals surface area contributed by atoms with Crippen molar-refractivity contribution in [3.8, 4) is 0 Å². The van der Waals surface area contributed by atoms with Gasteiger partial charge in [-0.15, -0.1) is 0 Å². The molecule has 0 amide bonds. The lowest BCUT2D eigenvalue weighted by atomic mass is 10.00. The molecular weight excluding hydrogens is 865 g/mol. The molecule has 0 fully saturated rings. The zero-order valence-corrected chi connectivity index (χ0v) is 48.3. The van der Waals surface area contributed by atoms with E-state index in [4.69, 9.17) is 14.2 Å². The maximum atomic E-state index is 12.9. The first-order valence-electron chi connectivity index (χ1n) is 31.6. The van der Waals surface area contributed by atoms with Gasteiger partial charge in [0.2, 0.25) is 0 Å². The van der Waals surface area contributed by atoms with E-state index in [0.29, 0.717) is 19.3 Å². The van der Waals surface area contributed by atoms with E-state index in [0.717, 1.165) is 75.5 Å². The molecule has 0 radical (unpaired) electrons. The second-order valence-electron chi connectivity index (χ2n) is 23.2. The molecule has 0 saturated heterocycles. The molecule has 0 aromatic rings. The van der Waals surface area contributed by atoms with Crippen LogP contribution in [-0.4, -0.2) is 37.2 Å². The summed E-state index contributed by atoms with van der Waals surface area (Å²) in [6, 6.07) is 0. The van der Waals surface area contributed by atoms with Crippen molar-refractivity contribution < 1.29 is 28.6 Å². The van der Waals surface area contributed by atoms with Crippen LogP contribution in [0.4, 0.5) is 0 Å². The minimum Gasteiger partial charge on any atom is -0.462 e. The van der Waals surface area contributed by atoms with Gasteiger partial charge in [0.15, 0.2) is 6.10 Å². The molecule has 6 nitrogen and oxygen atoms in total. The predicted molar refractivity (Wildman–Crippen MR) is 303 cm³/mol. The van der Waals surface area contributed by atoms with Crippen LogP contribution in [0.15, 0.2) is 0 Å². The van der Waals surface area contributed by atoms with E-state index in [2.05, 4.69) is 41.5 Å². The Morgan fingerprint density at radius 1 is 0.286 bits per heavy atom. The summed E-state index contributed by atoms with van der Waals surface area (Å²) in [6.07, 6.45) is 59.7. The van der Waals surface area contributed by atoms with Gasteiger partial charge in [0.1, 0.15) is 13.2 Å². The van der Waals surface area contributed by atoms with E-state index < -0.39 is 6.10 Å². The molecule has 6 heteroatoms. The lowest BCUT2D eigenvalue weighted by molar-refractivity contribution is -0.167. The third-order valence-corrected chi connectivity index (χ3v) is 15.0. The lowest BCUT2D eigenvalue weighted by Gasteiger charge is -2.18. The Balaban J connectivity index is 4.19. The molecule has 0 aromatic carbocycles. The molecule has 0 saturated carbocycles. The molecule has 0 aliphatic carbocycles. The minimum absolute atomic E-state index is 0.0635. The maximum absolute atomic E-state index is 12.9. The van der Waals surface area contributed by atoms with Crippen molar-refractivity contribution in [3.05, 3.63) is 0 Å². The van der Waals surface area contributed by atoms with Gasteiger partial charge >= 0.3 is 17.9 Å². The number of hydrogen-bond acceptors (Lipinski definition) is 6. The molecule has 2 atom stereocenters. The number of rotatable bonds is 57. The van der Waals surface area contributed by atoms with Gasteiger partial charge in [-0.05, 0) is 37.0 Å². The summed E-state index contributed by atoms with van der Waals surface area (Å²) in [6.45, 7) is 13.8. The standard InChI is InChI=1S/C64H124O6/c1-7-60(6)52-46-40-36-37-42-48-54-63(66)69-57-61(70-64(67)55-49-43-35-31-27-23-19-15-11-9-13-17-21-25-29-33-39-45-51-59(4)5)56-68-62(65)53-47-41-34-30-26-22-18-14-10-8-12-16-20-24-28-32-38-44-50-58(2)3/h58-61H,7-57H2,1-6H3/t60?,61-/m1/s1. The van der Waals surface area contributed by atoms with Crippen molar-refractivity contribution >= 4 is 17.9 Å². The van der Waals surface area contributed by atoms with Gasteiger partial charge in [0.25, 0.3) is 0 Å². The Morgan fingerprint density at radius 3 is 0.743 bits per heavy atom. The Labute approximate surface area is 438 Å². The van der Waals surface area contributed by atoms with Crippen LogP contribution in [0.25, 0.3) is 0 Å². The number of carbonyl (C=O) groups excluding carboxylic acids is 3. The van der Waals surface area contributed by atoms with Crippen molar-refractivity contribution in [2.45, 2.75) is 362 Å². The second-order valence-corrected chi connectivity index (χ2v) is 23.2. The van der Waals surface area contributed by atoms with Crippen molar-refractivity contribution in [1.82, 2.24) is 0 Å². The predicted octanol–water partition coefficient (Wildman–Crippen LogP) is 21.1. The second kappa shape index (κ2) is 55.2. The van der Waals surface area contributed by atoms with Gasteiger partial charge in [-0.2, -0.15) is 0 Å². The number of unbranched alkanes of at least 4 members (excludes halogenated alkanes) is 39. The monoisotopic (exact) mass is 989 g/mol. The zero-order valence-electron chi connectivity index (χ0n) is 48.3. The Hall–Kier alpha value is -1.59. The summed E-state index contributed by atoms with van der Waals surface area (Å²) >= 11 is 0. The largest absolute Gasteiger partial charge is 0.462 e. The van der Waals surface area contributed by atoms with Gasteiger partial charge in [-0.1, -0.05) is 318 Å². The summed E-state index contributed by atoms with van der Waals surface area (Å²) in [5.41, 5.74) is 0. The molecule has 70 heavy (non-hydrogen) atoms. The maximum Gasteiger partial charge on any atom is 0.306 e. The van der Waals surface area contributed by atoms with Crippen LogP contribution < -0.4 is 0 Å². The average molecular weight is 990 g/mol. The van der Waals surface area contributed by atoms with E-state index in [1.807, 2.05) is 0 Å². The molecule has 0 aliphatic rings. The number of hydrogen-bond donors (Lipinski definition) is 0. The highest BCUT2D eigenvalue weighted by Gasteiger charge is 2.19. The van der Waals surface area contributed by atoms with E-state index >= 15 is 0 Å². The molecule has 0 aromatic heterocycles. The van der Waals surface area contributed by atoms with Crippen LogP contribution in [0.1, 0.15) is 356 Å². The highest BCUT2D eigenvalue weighted by molar-refractivity contribution is 5.71. The van der Waals surface area contributed by atoms with Gasteiger partial charge in [0.05, 0.1) is 0 Å². The van der Waals surface area contributed by atoms with E-state index in [-0.39, 0.29) is 31.1 Å². The highest BCUT2D eigenvalue weighted by Crippen LogP contribution is 2.19. The summed E-state index contributed by atoms with van der Waals surface area (Å²) in [5.74, 6) is 1.69. The van der Waals surface area contributed by atoms with Crippen LogP contribution in [0, 0.1) is 17.8 Å². The highest BCUT2D eigenvalue weighted by atomic mass is 16.6. The van der Waals surface area contributed by atoms with E-state index in [1.54, 1.807) is 0 Å². The number of ether oxygens (including phenoxy) is 3. The molecule has 0 spiro atoms. The summed E-state index contributed by atoms with van der Waals surface area (Å²) in [7, 11) is 0. The minimum atomic E-state index is -0.765. The van der Waals surface area contributed by atoms with Crippen LogP contribution in [0.5, 0.6) is 0 Å². The lowest BCUT2D eigenvalue weighted by Crippen LogP contribution is -2.30. The third-order valence-electron chi connectivity index (χ3n) is 15.0. The van der Waals surface area contributed by atoms with Gasteiger partial charge in [-0.25, -0.2) is 0 Å². The first kappa shape index (κ1) is 68.4. The Morgan fingerprint density at radius 2 is 0.500 bits per heavy atom. The van der Waals surface area contributed by atoms with Crippen LogP contribution in [-0.2, 0) is 28.6 Å². The van der Waals surface area contributed by atoms with Crippen molar-refractivity contribution in [1.29, 1.82) is 0 Å². The summed E-state index contributed by atoms with van der Waals surface area (Å²) in [4.78, 5) is 38.2. The van der Waals surface area contributed by atoms with E-state index in [9.17, 15) is 14.4 Å². The fourth-order valence-electron chi connectivity index (χ4n) is 9.85. The molecule has 0 rings (SSSR count). The normalized spacial score (nSPS) is 12.5. The topological polar surface area (TPSA) is 78.9 Å². The first-order chi connectivity index (χ1) is 34.1. The zero-order chi connectivity index (χ0) is 51.2. The van der Waals surface area contributed by atoms with Gasteiger partial charge in [0, 0.05) is 19.3 Å². The van der Waals surface area contributed by atoms with Crippen LogP contribution in [0.3, 0.4) is 0 Å². The molecule has 416 valence electrons. The van der Waals surface area contributed by atoms with Crippen molar-refractivity contribution in [2.75, 3.05) is 13.2 Å². The number of esters is 3. The molecule has 0 heterocycles. The Bertz CT molecular complexity index is 1090. The van der Waals surface area contributed by atoms with Crippen LogP contribution >= 0.6 is 0 Å². The SMILES string of the molecule is CCC(C)CCCCCCCCC(=O)OC[C@@H](COC(=O)CCCCCCCCCCCCCCCCCCCCC(C)C)OC(=O)CCCCCCCCCCCCCCCCCCCCC(C)C. The summed E-state index contributed by atoms with van der Waals surface area (Å²) in [5, 5.41) is 0. The fraction of sp³-hybridized carbons (Fsp3) is 0.953. The van der Waals surface area contributed by atoms with Gasteiger partial charge < -0.3 is 14.2 Å². The molecule has 0 bridgehead atoms. The number of carbonyl (C=O) groups is 3. The molecular formula is C64H124O6. The van der Waals surface area contributed by atoms with Gasteiger partial charge in [-0.3, -0.25) is 14.4 Å². The smallest absolute Gasteiger partial charge is 0.306 e. The van der Waals surface area contributed by atoms with Crippen molar-refractivity contribution in [2.24, 2.45) is 17.8 Å². The molecule has 0 N–H and O–H groups in total. The first-order valence-corrected chi connectivity index (χ1v) is 31.6. The Kier molecular flexibility index (Phi) is 53.9. The molecule has 1 unspecified atom stereocenters. The average Bonchev–Trinajstić information content (AvgIpc) is 3.33. The van der Waals surface area contributed by atoms with E-state index in [1.165, 1.54) is 238 Å². The quantitative estimate of drug-likeness (QED) is 0.0343. The van der Waals surface area contributed by atoms with Crippen LogP contribution in [0.2, 0.25) is 0 Å². The van der Waals surface area contributed by atoms with Crippen molar-refractivity contribution in [3.63, 3.8) is 0 Å². The third kappa shape index (κ3) is 55.7. The molecule has 0 aliphatic heterocycles. The fourth-order valence-corrected chi connectivity index (χ4v) is 9.85. The summed E-state index contributed by atoms with van der Waals surface area (Å²) < 4.78 is 16.9.